The van der Waals surface area contributed by atoms with Gasteiger partial charge in [-0.3, -0.25) is 13.9 Å². The molecule has 0 radical (unpaired) electrons. The SMILES string of the molecule is CNC(=O)[C@@H](C)N(Cc1cccc(Cl)c1)C(=O)CN(c1cc(C)ccc1OC)S(=O)(=O)c1ccc(C)cc1. The second-order valence-corrected chi connectivity index (χ2v) is 11.2. The van der Waals surface area contributed by atoms with Gasteiger partial charge in [0.05, 0.1) is 17.7 Å². The Morgan fingerprint density at radius 1 is 1.00 bits per heavy atom. The molecule has 0 aliphatic rings. The minimum absolute atomic E-state index is 0.0280. The van der Waals surface area contributed by atoms with Gasteiger partial charge in [-0.25, -0.2) is 8.42 Å². The van der Waals surface area contributed by atoms with Crippen LogP contribution in [-0.4, -0.2) is 51.9 Å². The molecule has 0 saturated carbocycles. The van der Waals surface area contributed by atoms with Gasteiger partial charge in [0.25, 0.3) is 10.0 Å². The molecule has 202 valence electrons. The molecule has 0 aliphatic heterocycles. The lowest BCUT2D eigenvalue weighted by Gasteiger charge is -2.32. The Labute approximate surface area is 229 Å². The molecule has 1 N–H and O–H groups in total. The Bertz CT molecular complexity index is 1410. The predicted octanol–water partition coefficient (Wildman–Crippen LogP) is 4.32. The van der Waals surface area contributed by atoms with Crippen molar-refractivity contribution in [3.63, 3.8) is 0 Å². The van der Waals surface area contributed by atoms with E-state index in [9.17, 15) is 18.0 Å². The zero-order valence-corrected chi connectivity index (χ0v) is 23.6. The van der Waals surface area contributed by atoms with E-state index in [0.717, 1.165) is 15.4 Å². The number of anilines is 1. The van der Waals surface area contributed by atoms with Crippen LogP contribution in [0.5, 0.6) is 5.75 Å². The summed E-state index contributed by atoms with van der Waals surface area (Å²) in [5.74, 6) is -0.665. The number of nitrogens with one attached hydrogen (secondary N) is 1. The molecule has 0 bridgehead atoms. The number of ether oxygens (including phenoxy) is 1. The van der Waals surface area contributed by atoms with Crippen LogP contribution in [0, 0.1) is 13.8 Å². The van der Waals surface area contributed by atoms with Gasteiger partial charge < -0.3 is 15.0 Å². The molecule has 3 aromatic carbocycles. The molecular formula is C28H32ClN3O5S. The monoisotopic (exact) mass is 557 g/mol. The van der Waals surface area contributed by atoms with Gasteiger partial charge in [0.2, 0.25) is 11.8 Å². The van der Waals surface area contributed by atoms with Gasteiger partial charge in [-0.15, -0.1) is 0 Å². The zero-order valence-electron chi connectivity index (χ0n) is 22.1. The van der Waals surface area contributed by atoms with Gasteiger partial charge in [0.1, 0.15) is 18.3 Å². The average molecular weight is 558 g/mol. The number of amides is 2. The number of hydrogen-bond acceptors (Lipinski definition) is 5. The van der Waals surface area contributed by atoms with E-state index in [-0.39, 0.29) is 23.0 Å². The van der Waals surface area contributed by atoms with Crippen LogP contribution in [0.25, 0.3) is 0 Å². The summed E-state index contributed by atoms with van der Waals surface area (Å²) in [5.41, 5.74) is 2.60. The van der Waals surface area contributed by atoms with Gasteiger partial charge >= 0.3 is 0 Å². The number of benzene rings is 3. The van der Waals surface area contributed by atoms with Crippen molar-refractivity contribution >= 4 is 39.1 Å². The third kappa shape index (κ3) is 6.65. The van der Waals surface area contributed by atoms with Gasteiger partial charge in [0.15, 0.2) is 0 Å². The molecule has 0 heterocycles. The molecule has 0 aromatic heterocycles. The van der Waals surface area contributed by atoms with Crippen molar-refractivity contribution in [1.29, 1.82) is 0 Å². The fraction of sp³-hybridized carbons (Fsp3) is 0.286. The van der Waals surface area contributed by atoms with E-state index in [1.54, 1.807) is 61.5 Å². The summed E-state index contributed by atoms with van der Waals surface area (Å²) in [5, 5.41) is 3.04. The number of nitrogens with zero attached hydrogens (tertiary/aromatic N) is 2. The smallest absolute Gasteiger partial charge is 0.264 e. The molecule has 8 nitrogen and oxygen atoms in total. The number of halogens is 1. The number of methoxy groups -OCH3 is 1. The van der Waals surface area contributed by atoms with E-state index in [2.05, 4.69) is 5.32 Å². The summed E-state index contributed by atoms with van der Waals surface area (Å²) in [6, 6.07) is 17.5. The van der Waals surface area contributed by atoms with Gasteiger partial charge in [-0.05, 0) is 68.3 Å². The molecule has 10 heteroatoms. The van der Waals surface area contributed by atoms with Crippen LogP contribution >= 0.6 is 11.6 Å². The zero-order chi connectivity index (χ0) is 28.0. The number of hydrogen-bond donors (Lipinski definition) is 1. The molecule has 0 spiro atoms. The second-order valence-electron chi connectivity index (χ2n) is 8.94. The Balaban J connectivity index is 2.11. The summed E-state index contributed by atoms with van der Waals surface area (Å²) in [4.78, 5) is 27.8. The van der Waals surface area contributed by atoms with Crippen LogP contribution < -0.4 is 14.4 Å². The largest absolute Gasteiger partial charge is 0.495 e. The molecule has 0 unspecified atom stereocenters. The lowest BCUT2D eigenvalue weighted by atomic mass is 10.1. The van der Waals surface area contributed by atoms with Crippen molar-refractivity contribution in [3.8, 4) is 5.75 Å². The first-order valence-electron chi connectivity index (χ1n) is 12.0. The summed E-state index contributed by atoms with van der Waals surface area (Å²) in [6.45, 7) is 4.76. The van der Waals surface area contributed by atoms with Crippen LogP contribution in [0.2, 0.25) is 5.02 Å². The Kier molecular flexibility index (Phi) is 9.40. The highest BCUT2D eigenvalue weighted by molar-refractivity contribution is 7.92. The van der Waals surface area contributed by atoms with Crippen molar-refractivity contribution in [2.45, 2.75) is 38.3 Å². The lowest BCUT2D eigenvalue weighted by molar-refractivity contribution is -0.139. The number of carbonyl (C=O) groups excluding carboxylic acids is 2. The average Bonchev–Trinajstić information content (AvgIpc) is 2.89. The molecule has 0 fully saturated rings. The maximum atomic E-state index is 13.9. The third-order valence-electron chi connectivity index (χ3n) is 6.15. The maximum Gasteiger partial charge on any atom is 0.264 e. The highest BCUT2D eigenvalue weighted by Gasteiger charge is 2.33. The van der Waals surface area contributed by atoms with Gasteiger partial charge in [0, 0.05) is 18.6 Å². The van der Waals surface area contributed by atoms with E-state index in [0.29, 0.717) is 16.3 Å². The van der Waals surface area contributed by atoms with Gasteiger partial charge in [-0.1, -0.05) is 47.5 Å². The summed E-state index contributed by atoms with van der Waals surface area (Å²) < 4.78 is 34.4. The maximum absolute atomic E-state index is 13.9. The van der Waals surface area contributed by atoms with E-state index < -0.39 is 28.5 Å². The highest BCUT2D eigenvalue weighted by Crippen LogP contribution is 2.34. The Morgan fingerprint density at radius 2 is 1.66 bits per heavy atom. The minimum atomic E-state index is -4.20. The first-order chi connectivity index (χ1) is 18.0. The van der Waals surface area contributed by atoms with Crippen molar-refractivity contribution < 1.29 is 22.7 Å². The summed E-state index contributed by atoms with van der Waals surface area (Å²) in [6.07, 6.45) is 0. The number of carbonyl (C=O) groups is 2. The Morgan fingerprint density at radius 3 is 2.26 bits per heavy atom. The number of rotatable bonds is 10. The molecule has 2 amide bonds. The standard InChI is InChI=1S/C28H32ClN3O5S/c1-19-9-12-24(13-10-19)38(35,36)32(25-15-20(2)11-14-26(25)37-5)18-27(33)31(21(3)28(34)30-4)17-22-7-6-8-23(29)16-22/h6-16,21H,17-18H2,1-5H3,(H,30,34)/t21-/m1/s1. The molecule has 1 atom stereocenters. The molecule has 0 aliphatic carbocycles. The van der Waals surface area contributed by atoms with Crippen LogP contribution in [0.1, 0.15) is 23.6 Å². The highest BCUT2D eigenvalue weighted by atomic mass is 35.5. The van der Waals surface area contributed by atoms with Crippen LogP contribution in [0.3, 0.4) is 0 Å². The lowest BCUT2D eigenvalue weighted by Crippen LogP contribution is -2.50. The van der Waals surface area contributed by atoms with E-state index >= 15 is 0 Å². The van der Waals surface area contributed by atoms with Crippen LogP contribution in [-0.2, 0) is 26.2 Å². The fourth-order valence-electron chi connectivity index (χ4n) is 3.97. The molecule has 38 heavy (non-hydrogen) atoms. The summed E-state index contributed by atoms with van der Waals surface area (Å²) >= 11 is 6.14. The number of likely N-dealkylation sites (N-methyl/N-ethyl adjacent to an activating group) is 1. The molecule has 0 saturated heterocycles. The number of aryl methyl sites for hydroxylation is 2. The summed E-state index contributed by atoms with van der Waals surface area (Å²) in [7, 11) is -1.28. The van der Waals surface area contributed by atoms with Gasteiger partial charge in [-0.2, -0.15) is 0 Å². The molecule has 3 aromatic rings. The fourth-order valence-corrected chi connectivity index (χ4v) is 5.60. The topological polar surface area (TPSA) is 96.0 Å². The predicted molar refractivity (Wildman–Crippen MR) is 149 cm³/mol. The van der Waals surface area contributed by atoms with Crippen LogP contribution in [0.4, 0.5) is 5.69 Å². The van der Waals surface area contributed by atoms with Crippen molar-refractivity contribution in [3.05, 3.63) is 88.4 Å². The van der Waals surface area contributed by atoms with Crippen molar-refractivity contribution in [1.82, 2.24) is 10.2 Å². The van der Waals surface area contributed by atoms with E-state index in [1.165, 1.54) is 31.2 Å². The van der Waals surface area contributed by atoms with Crippen molar-refractivity contribution in [2.24, 2.45) is 0 Å². The number of sulfonamides is 1. The quantitative estimate of drug-likeness (QED) is 0.400. The van der Waals surface area contributed by atoms with E-state index in [4.69, 9.17) is 16.3 Å². The Hall–Kier alpha value is -3.56. The molecular weight excluding hydrogens is 526 g/mol. The van der Waals surface area contributed by atoms with Crippen molar-refractivity contribution in [2.75, 3.05) is 25.0 Å². The van der Waals surface area contributed by atoms with Crippen LogP contribution in [0.15, 0.2) is 71.6 Å². The first-order valence-corrected chi connectivity index (χ1v) is 13.8. The first kappa shape index (κ1) is 29.0. The second kappa shape index (κ2) is 12.3. The normalized spacial score (nSPS) is 11.9. The van der Waals surface area contributed by atoms with E-state index in [1.807, 2.05) is 13.8 Å². The third-order valence-corrected chi connectivity index (χ3v) is 8.16. The minimum Gasteiger partial charge on any atom is -0.495 e. The molecule has 3 rings (SSSR count).